The number of rotatable bonds is 7. The number of halogens is 2. The van der Waals surface area contributed by atoms with Crippen LogP contribution in [0.15, 0.2) is 29.1 Å². The van der Waals surface area contributed by atoms with Gasteiger partial charge in [-0.05, 0) is 30.7 Å². The normalized spacial score (nSPS) is 11.5. The second kappa shape index (κ2) is 8.41. The van der Waals surface area contributed by atoms with Gasteiger partial charge in [-0.2, -0.15) is 8.78 Å². The van der Waals surface area contributed by atoms with Gasteiger partial charge in [0.25, 0.3) is 5.56 Å². The number of ether oxygens (including phenoxy) is 2. The Hall–Kier alpha value is -2.70. The van der Waals surface area contributed by atoms with Crippen molar-refractivity contribution in [3.63, 3.8) is 0 Å². The molecule has 0 saturated heterocycles. The van der Waals surface area contributed by atoms with Crippen molar-refractivity contribution in [3.8, 4) is 11.5 Å². The van der Waals surface area contributed by atoms with Crippen molar-refractivity contribution in [2.75, 3.05) is 6.61 Å². The van der Waals surface area contributed by atoms with Gasteiger partial charge in [0.15, 0.2) is 11.5 Å². The van der Waals surface area contributed by atoms with Crippen LogP contribution in [0.1, 0.15) is 43.8 Å². The Kier molecular flexibility index (Phi) is 6.27. The Morgan fingerprint density at radius 3 is 2.60 bits per heavy atom. The number of hydrogen-bond acceptors (Lipinski definition) is 4. The minimum atomic E-state index is -2.92. The van der Waals surface area contributed by atoms with Gasteiger partial charge in [-0.3, -0.25) is 4.79 Å². The molecule has 7 heteroatoms. The van der Waals surface area contributed by atoms with Crippen LogP contribution in [-0.4, -0.2) is 23.2 Å². The number of nitrogens with zero attached hydrogens (tertiary/aromatic N) is 1. The number of H-pyrrole nitrogens is 1. The van der Waals surface area contributed by atoms with E-state index in [0.29, 0.717) is 23.7 Å². The first-order valence-corrected chi connectivity index (χ1v) is 7.90. The van der Waals surface area contributed by atoms with E-state index in [2.05, 4.69) is 14.7 Å². The molecule has 2 rings (SSSR count). The van der Waals surface area contributed by atoms with Crippen LogP contribution in [0.5, 0.6) is 11.5 Å². The predicted octanol–water partition coefficient (Wildman–Crippen LogP) is 4.06. The number of hydrogen-bond donors (Lipinski definition) is 1. The van der Waals surface area contributed by atoms with Gasteiger partial charge in [0.1, 0.15) is 5.82 Å². The van der Waals surface area contributed by atoms with Crippen LogP contribution in [0.2, 0.25) is 0 Å². The van der Waals surface area contributed by atoms with Gasteiger partial charge >= 0.3 is 6.61 Å². The van der Waals surface area contributed by atoms with E-state index >= 15 is 0 Å². The van der Waals surface area contributed by atoms with E-state index in [1.165, 1.54) is 12.1 Å². The molecule has 134 valence electrons. The second-order valence-corrected chi connectivity index (χ2v) is 5.56. The summed E-state index contributed by atoms with van der Waals surface area (Å²) < 4.78 is 34.6. The Morgan fingerprint density at radius 1 is 1.20 bits per heavy atom. The fourth-order valence-electron chi connectivity index (χ4n) is 2.13. The fourth-order valence-corrected chi connectivity index (χ4v) is 2.13. The first kappa shape index (κ1) is 18.6. The SMILES string of the molecule is CCOc1cc(/C=C/c2cc(=O)[nH]c(C(C)C)n2)ccc1OC(F)F. The molecule has 0 aliphatic rings. The lowest BCUT2D eigenvalue weighted by Crippen LogP contribution is -2.12. The van der Waals surface area contributed by atoms with Crippen LogP contribution in [0, 0.1) is 0 Å². The lowest BCUT2D eigenvalue weighted by Gasteiger charge is -2.11. The summed E-state index contributed by atoms with van der Waals surface area (Å²) >= 11 is 0. The number of alkyl halides is 2. The van der Waals surface area contributed by atoms with Gasteiger partial charge in [-0.25, -0.2) is 4.98 Å². The summed E-state index contributed by atoms with van der Waals surface area (Å²) in [6.45, 7) is 3.02. The quantitative estimate of drug-likeness (QED) is 0.818. The molecular weight excluding hydrogens is 330 g/mol. The molecule has 1 aromatic heterocycles. The van der Waals surface area contributed by atoms with Gasteiger partial charge in [0.05, 0.1) is 12.3 Å². The molecule has 0 spiro atoms. The minimum absolute atomic E-state index is 0.0228. The van der Waals surface area contributed by atoms with Gasteiger partial charge in [0, 0.05) is 12.0 Å². The van der Waals surface area contributed by atoms with Crippen molar-refractivity contribution in [3.05, 3.63) is 51.7 Å². The molecule has 1 N–H and O–H groups in total. The maximum absolute atomic E-state index is 12.4. The summed E-state index contributed by atoms with van der Waals surface area (Å²) in [5.74, 6) is 0.899. The highest BCUT2D eigenvalue weighted by atomic mass is 19.3. The van der Waals surface area contributed by atoms with Gasteiger partial charge in [-0.15, -0.1) is 0 Å². The maximum atomic E-state index is 12.4. The van der Waals surface area contributed by atoms with Gasteiger partial charge in [-0.1, -0.05) is 26.0 Å². The van der Waals surface area contributed by atoms with Crippen LogP contribution >= 0.6 is 0 Å². The third-order valence-corrected chi connectivity index (χ3v) is 3.26. The molecule has 1 aromatic carbocycles. The summed E-state index contributed by atoms with van der Waals surface area (Å²) in [5.41, 5.74) is 0.991. The van der Waals surface area contributed by atoms with Crippen molar-refractivity contribution in [1.82, 2.24) is 9.97 Å². The average molecular weight is 350 g/mol. The van der Waals surface area contributed by atoms with E-state index in [-0.39, 0.29) is 23.0 Å². The van der Waals surface area contributed by atoms with Crippen molar-refractivity contribution in [2.24, 2.45) is 0 Å². The van der Waals surface area contributed by atoms with Crippen LogP contribution in [0.3, 0.4) is 0 Å². The average Bonchev–Trinajstić information content (AvgIpc) is 2.54. The predicted molar refractivity (Wildman–Crippen MR) is 92.1 cm³/mol. The first-order valence-electron chi connectivity index (χ1n) is 7.90. The molecule has 1 heterocycles. The molecule has 0 atom stereocenters. The molecule has 0 unspecified atom stereocenters. The molecule has 2 aromatic rings. The second-order valence-electron chi connectivity index (χ2n) is 5.56. The Morgan fingerprint density at radius 2 is 1.96 bits per heavy atom. The van der Waals surface area contributed by atoms with Crippen LogP contribution in [0.25, 0.3) is 12.2 Å². The van der Waals surface area contributed by atoms with Gasteiger partial charge in [0.2, 0.25) is 0 Å². The topological polar surface area (TPSA) is 64.2 Å². The van der Waals surface area contributed by atoms with E-state index < -0.39 is 6.61 Å². The number of aromatic nitrogens is 2. The molecule has 0 amide bonds. The maximum Gasteiger partial charge on any atom is 0.387 e. The molecular formula is C18H20F2N2O3. The summed E-state index contributed by atoms with van der Waals surface area (Å²) in [6, 6.07) is 6.02. The van der Waals surface area contributed by atoms with Crippen LogP contribution in [-0.2, 0) is 0 Å². The highest BCUT2D eigenvalue weighted by Gasteiger charge is 2.11. The summed E-state index contributed by atoms with van der Waals surface area (Å²) in [4.78, 5) is 18.7. The summed E-state index contributed by atoms with van der Waals surface area (Å²) in [7, 11) is 0. The molecule has 25 heavy (non-hydrogen) atoms. The van der Waals surface area contributed by atoms with E-state index in [0.717, 1.165) is 0 Å². The zero-order valence-electron chi connectivity index (χ0n) is 14.3. The third-order valence-electron chi connectivity index (χ3n) is 3.26. The zero-order chi connectivity index (χ0) is 18.4. The third kappa shape index (κ3) is 5.41. The molecule has 0 aliphatic heterocycles. The summed E-state index contributed by atoms with van der Waals surface area (Å²) in [6.07, 6.45) is 3.40. The highest BCUT2D eigenvalue weighted by molar-refractivity contribution is 5.69. The molecule has 0 aliphatic carbocycles. The first-order chi connectivity index (χ1) is 11.9. The molecule has 0 saturated carbocycles. The zero-order valence-corrected chi connectivity index (χ0v) is 14.3. The van der Waals surface area contributed by atoms with Crippen LogP contribution in [0.4, 0.5) is 8.78 Å². The lowest BCUT2D eigenvalue weighted by atomic mass is 10.1. The largest absolute Gasteiger partial charge is 0.490 e. The lowest BCUT2D eigenvalue weighted by molar-refractivity contribution is -0.0514. The fraction of sp³-hybridized carbons (Fsp3) is 0.333. The van der Waals surface area contributed by atoms with Crippen LogP contribution < -0.4 is 15.0 Å². The Labute approximate surface area is 144 Å². The number of nitrogens with one attached hydrogen (secondary N) is 1. The van der Waals surface area contributed by atoms with Crippen molar-refractivity contribution in [2.45, 2.75) is 33.3 Å². The molecule has 5 nitrogen and oxygen atoms in total. The van der Waals surface area contributed by atoms with E-state index in [1.54, 1.807) is 31.2 Å². The molecule has 0 bridgehead atoms. The molecule has 0 fully saturated rings. The van der Waals surface area contributed by atoms with E-state index in [4.69, 9.17) is 4.74 Å². The minimum Gasteiger partial charge on any atom is -0.490 e. The Bertz CT molecular complexity index is 801. The monoisotopic (exact) mass is 350 g/mol. The van der Waals surface area contributed by atoms with Crippen molar-refractivity contribution in [1.29, 1.82) is 0 Å². The van der Waals surface area contributed by atoms with E-state index in [1.807, 2.05) is 13.8 Å². The standard InChI is InChI=1S/C18H20F2N2O3/c1-4-24-15-9-12(6-8-14(15)25-18(19)20)5-7-13-10-16(23)22-17(21-13)11(2)3/h5-11,18H,4H2,1-3H3,(H,21,22,23)/b7-5+. The highest BCUT2D eigenvalue weighted by Crippen LogP contribution is 2.30. The smallest absolute Gasteiger partial charge is 0.387 e. The number of aromatic amines is 1. The van der Waals surface area contributed by atoms with Gasteiger partial charge < -0.3 is 14.5 Å². The Balaban J connectivity index is 2.29. The summed E-state index contributed by atoms with van der Waals surface area (Å²) in [5, 5.41) is 0. The molecule has 0 radical (unpaired) electrons. The van der Waals surface area contributed by atoms with Crippen molar-refractivity contribution >= 4 is 12.2 Å². The van der Waals surface area contributed by atoms with E-state index in [9.17, 15) is 13.6 Å². The number of benzene rings is 1. The van der Waals surface area contributed by atoms with Crippen molar-refractivity contribution < 1.29 is 18.3 Å².